The van der Waals surface area contributed by atoms with Crippen LogP contribution in [0.15, 0.2) is 72.9 Å². The number of anilines is 2. The van der Waals surface area contributed by atoms with Gasteiger partial charge in [-0.3, -0.25) is 14.6 Å². The summed E-state index contributed by atoms with van der Waals surface area (Å²) in [6.45, 7) is 4.77. The van der Waals surface area contributed by atoms with Crippen LogP contribution in [0.3, 0.4) is 0 Å². The van der Waals surface area contributed by atoms with Crippen molar-refractivity contribution in [3.8, 4) is 5.75 Å². The summed E-state index contributed by atoms with van der Waals surface area (Å²) < 4.78 is 18.8. The summed E-state index contributed by atoms with van der Waals surface area (Å²) in [7, 11) is 1.69. The van der Waals surface area contributed by atoms with Crippen LogP contribution in [0.1, 0.15) is 10.4 Å². The summed E-state index contributed by atoms with van der Waals surface area (Å²) in [5.74, 6) is 0.928. The van der Waals surface area contributed by atoms with E-state index >= 15 is 0 Å². The van der Waals surface area contributed by atoms with Gasteiger partial charge in [-0.05, 0) is 48.5 Å². The SMILES string of the molecule is COc1ccccc1N1CCN(CCN(c2ccccn2)[11C](=O)c2ccc(F)cc2)CC1. The van der Waals surface area contributed by atoms with E-state index in [9.17, 15) is 9.18 Å². The number of carbonyl (C=O) groups excluding carboxylic acids is 1. The molecule has 1 aliphatic heterocycles. The topological polar surface area (TPSA) is 48.9 Å². The van der Waals surface area contributed by atoms with Gasteiger partial charge in [-0.15, -0.1) is 0 Å². The van der Waals surface area contributed by atoms with E-state index in [4.69, 9.17) is 4.74 Å². The molecule has 0 aliphatic carbocycles. The Kier molecular flexibility index (Phi) is 6.97. The molecule has 0 radical (unpaired) electrons. The van der Waals surface area contributed by atoms with E-state index in [1.165, 1.54) is 24.3 Å². The highest BCUT2D eigenvalue weighted by atomic mass is 19.1. The minimum atomic E-state index is -0.362. The summed E-state index contributed by atoms with van der Waals surface area (Å²) in [6, 6.07) is 19.2. The van der Waals surface area contributed by atoms with Crippen LogP contribution in [0.25, 0.3) is 0 Å². The fourth-order valence-electron chi connectivity index (χ4n) is 3.93. The van der Waals surface area contributed by atoms with E-state index in [-0.39, 0.29) is 11.7 Å². The molecule has 166 valence electrons. The third kappa shape index (κ3) is 5.06. The number of ether oxygens (including phenoxy) is 1. The highest BCUT2D eigenvalue weighted by Gasteiger charge is 2.23. The molecule has 1 aromatic heterocycles. The first kappa shape index (κ1) is 21.8. The van der Waals surface area contributed by atoms with Gasteiger partial charge in [0.15, 0.2) is 0 Å². The summed E-state index contributed by atoms with van der Waals surface area (Å²) in [5.41, 5.74) is 1.55. The molecule has 0 atom stereocenters. The van der Waals surface area contributed by atoms with Gasteiger partial charge in [-0.2, -0.15) is 0 Å². The lowest BCUT2D eigenvalue weighted by atomic mass is 9.86. The largest absolute Gasteiger partial charge is 0.495 e. The first-order valence-electron chi connectivity index (χ1n) is 10.7. The Labute approximate surface area is 187 Å². The fourth-order valence-corrected chi connectivity index (χ4v) is 3.93. The number of aromatic nitrogens is 1. The summed E-state index contributed by atoms with van der Waals surface area (Å²) in [6.07, 6.45) is 1.67. The van der Waals surface area contributed by atoms with Gasteiger partial charge in [0.25, 0.3) is 5.91 Å². The number of hydrogen-bond acceptors (Lipinski definition) is 5. The maximum atomic E-state index is 13.3. The normalized spacial score (nSPS) is 14.2. The zero-order valence-electron chi connectivity index (χ0n) is 18.2. The first-order valence-corrected chi connectivity index (χ1v) is 10.7. The van der Waals surface area contributed by atoms with Crippen LogP contribution in [-0.2, 0) is 0 Å². The van der Waals surface area contributed by atoms with Crippen molar-refractivity contribution in [2.75, 3.05) is 56.2 Å². The zero-order chi connectivity index (χ0) is 22.3. The Morgan fingerprint density at radius 2 is 1.72 bits per heavy atom. The van der Waals surface area contributed by atoms with Gasteiger partial charge < -0.3 is 9.64 Å². The van der Waals surface area contributed by atoms with Crippen molar-refractivity contribution in [2.24, 2.45) is 0 Å². The molecule has 2 aromatic carbocycles. The standard InChI is InChI=1S/C25H27FN4O2/c1-32-23-7-3-2-6-22(23)29-17-14-28(15-18-29)16-19-30(24-8-4-5-13-27-24)25(31)20-9-11-21(26)12-10-20/h2-13H,14-19H2,1H3/i25-1. The van der Waals surface area contributed by atoms with Crippen LogP contribution in [0.2, 0.25) is 0 Å². The van der Waals surface area contributed by atoms with Gasteiger partial charge >= 0.3 is 0 Å². The Morgan fingerprint density at radius 3 is 2.41 bits per heavy atom. The number of benzene rings is 2. The molecular formula is C25H27FN4O2. The minimum Gasteiger partial charge on any atom is -0.495 e. The highest BCUT2D eigenvalue weighted by molar-refractivity contribution is 6.05. The van der Waals surface area contributed by atoms with Crippen LogP contribution in [0.5, 0.6) is 5.75 Å². The summed E-state index contributed by atoms with van der Waals surface area (Å²) in [5, 5.41) is 0. The predicted molar refractivity (Wildman–Crippen MR) is 124 cm³/mol. The average Bonchev–Trinajstić information content (AvgIpc) is 2.85. The Hall–Kier alpha value is -3.45. The van der Waals surface area contributed by atoms with Crippen molar-refractivity contribution in [1.82, 2.24) is 9.88 Å². The van der Waals surface area contributed by atoms with Crippen molar-refractivity contribution in [3.63, 3.8) is 0 Å². The molecule has 0 bridgehead atoms. The Morgan fingerprint density at radius 1 is 1.00 bits per heavy atom. The van der Waals surface area contributed by atoms with Gasteiger partial charge in [0.2, 0.25) is 0 Å². The molecule has 7 heteroatoms. The van der Waals surface area contributed by atoms with E-state index in [0.717, 1.165) is 44.2 Å². The van der Waals surface area contributed by atoms with Gasteiger partial charge in [0.1, 0.15) is 17.4 Å². The second-order valence-electron chi connectivity index (χ2n) is 7.65. The average molecular weight is 434 g/mol. The molecule has 32 heavy (non-hydrogen) atoms. The van der Waals surface area contributed by atoms with Gasteiger partial charge in [0, 0.05) is 51.0 Å². The number of hydrogen-bond donors (Lipinski definition) is 0. The lowest BCUT2D eigenvalue weighted by Crippen LogP contribution is -2.49. The molecule has 0 saturated carbocycles. The maximum absolute atomic E-state index is 13.3. The number of pyridine rings is 1. The number of para-hydroxylation sites is 2. The number of nitrogens with zero attached hydrogens (tertiary/aromatic N) is 4. The van der Waals surface area contributed by atoms with E-state index in [1.807, 2.05) is 36.4 Å². The molecule has 1 fully saturated rings. The molecule has 1 aliphatic rings. The molecule has 1 amide bonds. The highest BCUT2D eigenvalue weighted by Crippen LogP contribution is 2.28. The second-order valence-corrected chi connectivity index (χ2v) is 7.65. The van der Waals surface area contributed by atoms with Crippen LogP contribution >= 0.6 is 0 Å². The van der Waals surface area contributed by atoms with Crippen LogP contribution in [0.4, 0.5) is 15.9 Å². The molecular weight excluding hydrogens is 406 g/mol. The Bertz CT molecular complexity index is 1020. The summed E-state index contributed by atoms with van der Waals surface area (Å²) in [4.78, 5) is 23.9. The number of amides is 1. The minimum absolute atomic E-state index is 0.184. The molecule has 4 rings (SSSR count). The molecule has 1 saturated heterocycles. The number of halogens is 1. The van der Waals surface area contributed by atoms with Crippen LogP contribution in [-0.4, -0.2) is 62.2 Å². The van der Waals surface area contributed by atoms with Crippen LogP contribution < -0.4 is 14.5 Å². The fraction of sp³-hybridized carbons (Fsp3) is 0.280. The number of rotatable bonds is 7. The molecule has 0 spiro atoms. The molecule has 6 nitrogen and oxygen atoms in total. The molecule has 0 unspecified atom stereocenters. The molecule has 3 aromatic rings. The first-order chi connectivity index (χ1) is 15.7. The predicted octanol–water partition coefficient (Wildman–Crippen LogP) is 3.70. The second kappa shape index (κ2) is 10.2. The Balaban J connectivity index is 1.41. The third-order valence-electron chi connectivity index (χ3n) is 5.70. The lowest BCUT2D eigenvalue weighted by molar-refractivity contribution is 0.0982. The van der Waals surface area contributed by atoms with Crippen molar-refractivity contribution in [3.05, 3.63) is 84.3 Å². The van der Waals surface area contributed by atoms with E-state index in [1.54, 1.807) is 18.2 Å². The van der Waals surface area contributed by atoms with Gasteiger partial charge in [-0.25, -0.2) is 9.37 Å². The van der Waals surface area contributed by atoms with E-state index in [2.05, 4.69) is 20.9 Å². The van der Waals surface area contributed by atoms with Crippen molar-refractivity contribution in [1.29, 1.82) is 0 Å². The molecule has 0 N–H and O–H groups in total. The third-order valence-corrected chi connectivity index (χ3v) is 5.70. The van der Waals surface area contributed by atoms with Crippen molar-refractivity contribution in [2.45, 2.75) is 0 Å². The summed E-state index contributed by atoms with van der Waals surface area (Å²) >= 11 is 0. The quantitative estimate of drug-likeness (QED) is 0.569. The number of piperazine rings is 1. The molecule has 2 heterocycles. The monoisotopic (exact) mass is 433 g/mol. The van der Waals surface area contributed by atoms with Crippen molar-refractivity contribution >= 4 is 17.4 Å². The lowest BCUT2D eigenvalue weighted by Gasteiger charge is -2.37. The number of methoxy groups -OCH3 is 1. The van der Waals surface area contributed by atoms with Crippen molar-refractivity contribution < 1.29 is 13.9 Å². The van der Waals surface area contributed by atoms with Crippen LogP contribution in [0, 0.1) is 5.82 Å². The zero-order valence-corrected chi connectivity index (χ0v) is 18.2. The maximum Gasteiger partial charge on any atom is 0.259 e. The van der Waals surface area contributed by atoms with Gasteiger partial charge in [-0.1, -0.05) is 18.2 Å². The van der Waals surface area contributed by atoms with Gasteiger partial charge in [0.05, 0.1) is 12.8 Å². The smallest absolute Gasteiger partial charge is 0.259 e. The van der Waals surface area contributed by atoms with E-state index < -0.39 is 0 Å². The number of carbonyl (C=O) groups is 1. The van der Waals surface area contributed by atoms with E-state index in [0.29, 0.717) is 17.9 Å².